The Hall–Kier alpha value is -2.95. The van der Waals surface area contributed by atoms with Crippen molar-refractivity contribution in [3.05, 3.63) is 52.9 Å². The summed E-state index contributed by atoms with van der Waals surface area (Å²) < 4.78 is 5.12. The lowest BCUT2D eigenvalue weighted by Crippen LogP contribution is -2.02. The molecule has 0 spiro atoms. The first-order valence-corrected chi connectivity index (χ1v) is 5.84. The maximum Gasteiger partial charge on any atom is 0.344 e. The lowest BCUT2D eigenvalue weighted by atomic mass is 10.0. The van der Waals surface area contributed by atoms with Crippen LogP contribution in [0.1, 0.15) is 0 Å². The molecule has 0 radical (unpaired) electrons. The molecule has 1 heterocycles. The van der Waals surface area contributed by atoms with Gasteiger partial charge in [0.15, 0.2) is 0 Å². The summed E-state index contributed by atoms with van der Waals surface area (Å²) in [5.41, 5.74) is 0.0772. The number of fused-ring (bicyclic) bond motifs is 1. The second-order valence-corrected chi connectivity index (χ2v) is 4.37. The van der Waals surface area contributed by atoms with E-state index in [1.807, 2.05) is 0 Å². The molecule has 3 rings (SSSR count). The van der Waals surface area contributed by atoms with E-state index in [9.17, 15) is 20.1 Å². The third kappa shape index (κ3) is 1.95. The van der Waals surface area contributed by atoms with Gasteiger partial charge in [0.05, 0.1) is 5.56 Å². The van der Waals surface area contributed by atoms with Gasteiger partial charge < -0.3 is 19.7 Å². The fourth-order valence-corrected chi connectivity index (χ4v) is 2.04. The third-order valence-corrected chi connectivity index (χ3v) is 2.99. The molecule has 1 aromatic heterocycles. The highest BCUT2D eigenvalue weighted by Crippen LogP contribution is 2.32. The van der Waals surface area contributed by atoms with Crippen molar-refractivity contribution in [1.82, 2.24) is 0 Å². The predicted octanol–water partition coefficient (Wildman–Crippen LogP) is 2.58. The molecule has 3 aromatic rings. The molecule has 100 valence electrons. The van der Waals surface area contributed by atoms with Crippen molar-refractivity contribution >= 4 is 11.0 Å². The molecular formula is C15H10O5. The molecule has 0 saturated carbocycles. The average Bonchev–Trinajstić information content (AvgIpc) is 2.38. The molecule has 5 nitrogen and oxygen atoms in total. The quantitative estimate of drug-likeness (QED) is 0.591. The fraction of sp³-hybridized carbons (Fsp3) is 0. The normalized spacial score (nSPS) is 10.8. The van der Waals surface area contributed by atoms with E-state index >= 15 is 0 Å². The Morgan fingerprint density at radius 2 is 1.50 bits per heavy atom. The zero-order valence-corrected chi connectivity index (χ0v) is 10.2. The minimum absolute atomic E-state index is 0.000815. The zero-order valence-electron chi connectivity index (χ0n) is 10.2. The average molecular weight is 270 g/mol. The predicted molar refractivity (Wildman–Crippen MR) is 72.9 cm³/mol. The first kappa shape index (κ1) is 12.1. The van der Waals surface area contributed by atoms with Crippen LogP contribution in [0.4, 0.5) is 0 Å². The molecule has 3 N–H and O–H groups in total. The third-order valence-electron chi connectivity index (χ3n) is 2.99. The maximum absolute atomic E-state index is 12.0. The number of benzene rings is 2. The lowest BCUT2D eigenvalue weighted by Gasteiger charge is -2.05. The van der Waals surface area contributed by atoms with E-state index in [-0.39, 0.29) is 34.0 Å². The number of hydrogen-bond acceptors (Lipinski definition) is 5. The first-order chi connectivity index (χ1) is 9.54. The molecule has 0 aliphatic heterocycles. The molecule has 5 heteroatoms. The second kappa shape index (κ2) is 4.31. The molecule has 0 fully saturated rings. The summed E-state index contributed by atoms with van der Waals surface area (Å²) >= 11 is 0. The minimum Gasteiger partial charge on any atom is -0.508 e. The van der Waals surface area contributed by atoms with Gasteiger partial charge in [-0.1, -0.05) is 0 Å². The number of hydrogen-bond donors (Lipinski definition) is 3. The largest absolute Gasteiger partial charge is 0.508 e. The van der Waals surface area contributed by atoms with Gasteiger partial charge in [0.25, 0.3) is 0 Å². The van der Waals surface area contributed by atoms with Crippen LogP contribution in [0.2, 0.25) is 0 Å². The van der Waals surface area contributed by atoms with E-state index in [1.165, 1.54) is 24.3 Å². The van der Waals surface area contributed by atoms with Crippen molar-refractivity contribution in [2.75, 3.05) is 0 Å². The van der Waals surface area contributed by atoms with E-state index in [0.29, 0.717) is 5.39 Å². The van der Waals surface area contributed by atoms with Gasteiger partial charge in [-0.05, 0) is 30.3 Å². The Morgan fingerprint density at radius 3 is 2.25 bits per heavy atom. The summed E-state index contributed by atoms with van der Waals surface area (Å²) in [5, 5.41) is 29.0. The summed E-state index contributed by atoms with van der Waals surface area (Å²) in [5.74, 6) is -0.308. The molecule has 0 saturated heterocycles. The summed E-state index contributed by atoms with van der Waals surface area (Å²) in [6, 6.07) is 9.94. The summed E-state index contributed by atoms with van der Waals surface area (Å²) in [6.07, 6.45) is 0. The highest BCUT2D eigenvalue weighted by Gasteiger charge is 2.12. The van der Waals surface area contributed by atoms with Gasteiger partial charge in [-0.3, -0.25) is 0 Å². The summed E-state index contributed by atoms with van der Waals surface area (Å²) in [6.45, 7) is 0. The Balaban J connectivity index is 2.28. The number of rotatable bonds is 1. The summed E-state index contributed by atoms with van der Waals surface area (Å²) in [4.78, 5) is 12.0. The number of phenolic OH excluding ortho intramolecular Hbond substituents is 3. The molecule has 0 amide bonds. The first-order valence-electron chi connectivity index (χ1n) is 5.84. The van der Waals surface area contributed by atoms with Crippen LogP contribution in [0, 0.1) is 0 Å². The fourth-order valence-electron chi connectivity index (χ4n) is 2.04. The van der Waals surface area contributed by atoms with Gasteiger partial charge >= 0.3 is 5.63 Å². The van der Waals surface area contributed by atoms with Gasteiger partial charge in [0, 0.05) is 23.1 Å². The molecule has 0 aliphatic carbocycles. The van der Waals surface area contributed by atoms with Gasteiger partial charge in [-0.2, -0.15) is 0 Å². The van der Waals surface area contributed by atoms with Crippen LogP contribution in [-0.2, 0) is 0 Å². The Kier molecular flexibility index (Phi) is 2.61. The Labute approximate surface area is 113 Å². The Morgan fingerprint density at radius 1 is 0.800 bits per heavy atom. The van der Waals surface area contributed by atoms with E-state index in [2.05, 4.69) is 0 Å². The smallest absolute Gasteiger partial charge is 0.344 e. The van der Waals surface area contributed by atoms with Crippen molar-refractivity contribution in [3.63, 3.8) is 0 Å². The maximum atomic E-state index is 12.0. The highest BCUT2D eigenvalue weighted by atomic mass is 16.4. The molecule has 0 unspecified atom stereocenters. The van der Waals surface area contributed by atoms with Crippen molar-refractivity contribution in [1.29, 1.82) is 0 Å². The van der Waals surface area contributed by atoms with Gasteiger partial charge in [-0.15, -0.1) is 0 Å². The van der Waals surface area contributed by atoms with Crippen LogP contribution >= 0.6 is 0 Å². The summed E-state index contributed by atoms with van der Waals surface area (Å²) in [7, 11) is 0. The van der Waals surface area contributed by atoms with Crippen LogP contribution in [0.25, 0.3) is 22.1 Å². The van der Waals surface area contributed by atoms with Crippen LogP contribution < -0.4 is 5.63 Å². The standard InChI is InChI=1S/C15H10O5/c16-9-3-4-11(13(18)6-9)12-5-8-1-2-10(17)7-14(8)20-15(12)19/h1-7,16-18H. The van der Waals surface area contributed by atoms with E-state index in [0.717, 1.165) is 6.07 Å². The number of aromatic hydroxyl groups is 3. The zero-order chi connectivity index (χ0) is 14.3. The number of phenols is 3. The van der Waals surface area contributed by atoms with Crippen molar-refractivity contribution in [3.8, 4) is 28.4 Å². The molecule has 0 atom stereocenters. The van der Waals surface area contributed by atoms with Crippen LogP contribution in [0.3, 0.4) is 0 Å². The van der Waals surface area contributed by atoms with E-state index < -0.39 is 5.63 Å². The van der Waals surface area contributed by atoms with Crippen LogP contribution in [0.15, 0.2) is 51.7 Å². The monoisotopic (exact) mass is 270 g/mol. The van der Waals surface area contributed by atoms with Crippen molar-refractivity contribution < 1.29 is 19.7 Å². The van der Waals surface area contributed by atoms with Gasteiger partial charge in [0.1, 0.15) is 22.8 Å². The van der Waals surface area contributed by atoms with Crippen molar-refractivity contribution in [2.45, 2.75) is 0 Å². The minimum atomic E-state index is -0.635. The van der Waals surface area contributed by atoms with E-state index in [1.54, 1.807) is 12.1 Å². The molecule has 2 aromatic carbocycles. The highest BCUT2D eigenvalue weighted by molar-refractivity contribution is 5.84. The topological polar surface area (TPSA) is 90.9 Å². The second-order valence-electron chi connectivity index (χ2n) is 4.37. The molecule has 20 heavy (non-hydrogen) atoms. The van der Waals surface area contributed by atoms with E-state index in [4.69, 9.17) is 4.42 Å². The van der Waals surface area contributed by atoms with Crippen LogP contribution in [0.5, 0.6) is 17.2 Å². The lowest BCUT2D eigenvalue weighted by molar-refractivity contribution is 0.451. The van der Waals surface area contributed by atoms with Crippen LogP contribution in [-0.4, -0.2) is 15.3 Å². The Bertz CT molecular complexity index is 864. The molecular weight excluding hydrogens is 260 g/mol. The SMILES string of the molecule is O=c1oc2cc(O)ccc2cc1-c1ccc(O)cc1O. The molecule has 0 bridgehead atoms. The van der Waals surface area contributed by atoms with Gasteiger partial charge in [-0.25, -0.2) is 4.79 Å². The van der Waals surface area contributed by atoms with Crippen molar-refractivity contribution in [2.24, 2.45) is 0 Å². The molecule has 0 aliphatic rings. The van der Waals surface area contributed by atoms with Gasteiger partial charge in [0.2, 0.25) is 0 Å².